The summed E-state index contributed by atoms with van der Waals surface area (Å²) in [6.07, 6.45) is -3.19. The van der Waals surface area contributed by atoms with E-state index >= 15 is 0 Å². The average Bonchev–Trinajstić information content (AvgIpc) is 3.04. The third kappa shape index (κ3) is 5.08. The second-order valence-corrected chi connectivity index (χ2v) is 7.82. The highest BCUT2D eigenvalue weighted by atomic mass is 32.2. The molecule has 0 atom stereocenters. The molecular formula is C19H16F3N3O3S. The topological polar surface area (TPSA) is 70.2 Å². The number of non-ortho nitro benzene ring substituents is 1. The number of aromatic nitrogens is 2. The largest absolute Gasteiger partial charge is 0.573 e. The lowest BCUT2D eigenvalue weighted by Gasteiger charge is -2.14. The van der Waals surface area contributed by atoms with Crippen LogP contribution in [0.5, 0.6) is 5.75 Å². The van der Waals surface area contributed by atoms with Crippen LogP contribution in [0.25, 0.3) is 16.9 Å². The summed E-state index contributed by atoms with van der Waals surface area (Å²) in [7, 11) is 0. The molecule has 0 aliphatic heterocycles. The summed E-state index contributed by atoms with van der Waals surface area (Å²) in [4.78, 5) is 15.0. The average molecular weight is 423 g/mol. The smallest absolute Gasteiger partial charge is 0.406 e. The summed E-state index contributed by atoms with van der Waals surface area (Å²) in [6.45, 7) is 3.97. The van der Waals surface area contributed by atoms with E-state index in [1.54, 1.807) is 22.9 Å². The van der Waals surface area contributed by atoms with Gasteiger partial charge in [0, 0.05) is 28.6 Å². The van der Waals surface area contributed by atoms with Crippen molar-refractivity contribution in [1.82, 2.24) is 9.55 Å². The van der Waals surface area contributed by atoms with Crippen LogP contribution in [0.15, 0.2) is 59.9 Å². The van der Waals surface area contributed by atoms with E-state index in [-0.39, 0.29) is 16.7 Å². The van der Waals surface area contributed by atoms with Crippen LogP contribution in [0.2, 0.25) is 0 Å². The Balaban J connectivity index is 2.08. The van der Waals surface area contributed by atoms with Crippen molar-refractivity contribution in [2.45, 2.75) is 30.6 Å². The van der Waals surface area contributed by atoms with Crippen molar-refractivity contribution >= 4 is 17.4 Å². The Morgan fingerprint density at radius 3 is 2.45 bits per heavy atom. The van der Waals surface area contributed by atoms with Gasteiger partial charge in [0.05, 0.1) is 16.8 Å². The summed E-state index contributed by atoms with van der Waals surface area (Å²) < 4.78 is 42.9. The molecule has 0 aliphatic carbocycles. The van der Waals surface area contributed by atoms with Crippen molar-refractivity contribution in [3.05, 3.63) is 64.8 Å². The molecule has 152 valence electrons. The Hall–Kier alpha value is -3.01. The lowest BCUT2D eigenvalue weighted by molar-refractivity contribution is -0.384. The molecule has 0 spiro atoms. The van der Waals surface area contributed by atoms with Crippen LogP contribution in [0.1, 0.15) is 13.8 Å². The first kappa shape index (κ1) is 20.7. The van der Waals surface area contributed by atoms with Crippen LogP contribution in [0.3, 0.4) is 0 Å². The van der Waals surface area contributed by atoms with Crippen molar-refractivity contribution in [2.75, 3.05) is 0 Å². The van der Waals surface area contributed by atoms with Crippen molar-refractivity contribution in [3.63, 3.8) is 0 Å². The number of nitrogens with zero attached hydrogens (tertiary/aromatic N) is 3. The van der Waals surface area contributed by atoms with Crippen LogP contribution in [0, 0.1) is 10.1 Å². The molecule has 6 nitrogen and oxygen atoms in total. The van der Waals surface area contributed by atoms with Gasteiger partial charge in [-0.1, -0.05) is 37.7 Å². The van der Waals surface area contributed by atoms with E-state index in [1.807, 2.05) is 13.8 Å². The quantitative estimate of drug-likeness (QED) is 0.283. The number of ether oxygens (including phenoxy) is 1. The molecule has 3 aromatic rings. The molecule has 0 bridgehead atoms. The van der Waals surface area contributed by atoms with Gasteiger partial charge in [0.15, 0.2) is 5.16 Å². The molecule has 3 rings (SSSR count). The van der Waals surface area contributed by atoms with Gasteiger partial charge in [-0.15, -0.1) is 13.2 Å². The monoisotopic (exact) mass is 423 g/mol. The predicted molar refractivity (Wildman–Crippen MR) is 103 cm³/mol. The predicted octanol–water partition coefficient (Wildman–Crippen LogP) is 5.85. The minimum atomic E-state index is -4.77. The Labute approximate surface area is 168 Å². The molecule has 0 radical (unpaired) electrons. The fraction of sp³-hybridized carbons (Fsp3) is 0.211. The minimum absolute atomic E-state index is 0.0674. The molecule has 0 aliphatic rings. The zero-order chi connectivity index (χ0) is 21.2. The van der Waals surface area contributed by atoms with Crippen LogP contribution in [-0.4, -0.2) is 26.1 Å². The van der Waals surface area contributed by atoms with Gasteiger partial charge in [0.2, 0.25) is 0 Å². The number of imidazole rings is 1. The summed E-state index contributed by atoms with van der Waals surface area (Å²) in [5, 5.41) is 11.9. The van der Waals surface area contributed by atoms with Crippen molar-refractivity contribution in [3.8, 4) is 22.7 Å². The summed E-state index contributed by atoms with van der Waals surface area (Å²) in [5.74, 6) is -0.337. The molecule has 1 heterocycles. The number of halogens is 3. The Morgan fingerprint density at radius 1 is 1.17 bits per heavy atom. The minimum Gasteiger partial charge on any atom is -0.406 e. The summed E-state index contributed by atoms with van der Waals surface area (Å²) >= 11 is 1.47. The molecule has 0 saturated heterocycles. The Bertz CT molecular complexity index is 1020. The van der Waals surface area contributed by atoms with Gasteiger partial charge < -0.3 is 4.74 Å². The highest BCUT2D eigenvalue weighted by molar-refractivity contribution is 7.99. The highest BCUT2D eigenvalue weighted by Crippen LogP contribution is 2.33. The van der Waals surface area contributed by atoms with E-state index in [1.165, 1.54) is 48.2 Å². The van der Waals surface area contributed by atoms with Crippen LogP contribution in [-0.2, 0) is 0 Å². The first-order valence-corrected chi connectivity index (χ1v) is 9.37. The lowest BCUT2D eigenvalue weighted by atomic mass is 10.1. The van der Waals surface area contributed by atoms with Crippen molar-refractivity contribution in [1.29, 1.82) is 0 Å². The highest BCUT2D eigenvalue weighted by Gasteiger charge is 2.31. The van der Waals surface area contributed by atoms with E-state index < -0.39 is 11.3 Å². The number of nitro groups is 1. The fourth-order valence-corrected chi connectivity index (χ4v) is 3.50. The molecule has 1 aromatic heterocycles. The molecule has 2 aromatic carbocycles. The number of thioether (sulfide) groups is 1. The second-order valence-electron chi connectivity index (χ2n) is 6.28. The Kier molecular flexibility index (Phi) is 5.83. The van der Waals surface area contributed by atoms with Crippen LogP contribution >= 0.6 is 11.8 Å². The number of benzene rings is 2. The van der Waals surface area contributed by atoms with E-state index in [0.29, 0.717) is 22.1 Å². The first-order valence-electron chi connectivity index (χ1n) is 8.49. The lowest BCUT2D eigenvalue weighted by Crippen LogP contribution is -2.17. The fourth-order valence-electron chi connectivity index (χ4n) is 2.66. The Morgan fingerprint density at radius 2 is 1.86 bits per heavy atom. The molecule has 0 saturated carbocycles. The number of hydrogen-bond acceptors (Lipinski definition) is 5. The molecule has 0 unspecified atom stereocenters. The van der Waals surface area contributed by atoms with E-state index in [9.17, 15) is 23.3 Å². The van der Waals surface area contributed by atoms with Gasteiger partial charge in [-0.2, -0.15) is 0 Å². The SMILES string of the molecule is CC(C)Sc1ncc(-c2cccc([N+](=O)[O-])c2)n1-c1ccc(OC(F)(F)F)cc1. The molecular weight excluding hydrogens is 407 g/mol. The standard InChI is InChI=1S/C19H16F3N3O3S/c1-12(2)29-18-23-11-17(13-4-3-5-15(10-13)25(26)27)24(18)14-6-8-16(9-7-14)28-19(20,21)22/h3-12H,1-2H3. The van der Waals surface area contributed by atoms with Crippen molar-refractivity contribution in [2.24, 2.45) is 0 Å². The summed E-state index contributed by atoms with van der Waals surface area (Å²) in [5.41, 5.74) is 1.64. The van der Waals surface area contributed by atoms with Gasteiger partial charge in [0.25, 0.3) is 5.69 Å². The van der Waals surface area contributed by atoms with Gasteiger partial charge in [-0.25, -0.2) is 4.98 Å². The zero-order valence-electron chi connectivity index (χ0n) is 15.4. The third-order valence-electron chi connectivity index (χ3n) is 3.75. The van der Waals surface area contributed by atoms with Crippen molar-refractivity contribution < 1.29 is 22.8 Å². The number of rotatable bonds is 6. The molecule has 29 heavy (non-hydrogen) atoms. The van der Waals surface area contributed by atoms with E-state index in [2.05, 4.69) is 9.72 Å². The van der Waals surface area contributed by atoms with Gasteiger partial charge >= 0.3 is 6.36 Å². The normalized spacial score (nSPS) is 11.7. The molecule has 0 fully saturated rings. The zero-order valence-corrected chi connectivity index (χ0v) is 16.2. The van der Waals surface area contributed by atoms with Crippen LogP contribution in [0.4, 0.5) is 18.9 Å². The molecule has 10 heteroatoms. The maximum Gasteiger partial charge on any atom is 0.573 e. The molecule has 0 amide bonds. The summed E-state index contributed by atoms with van der Waals surface area (Å²) in [6, 6.07) is 11.5. The second kappa shape index (κ2) is 8.16. The number of hydrogen-bond donors (Lipinski definition) is 0. The van der Waals surface area contributed by atoms with Crippen LogP contribution < -0.4 is 4.74 Å². The van der Waals surface area contributed by atoms with Gasteiger partial charge in [-0.05, 0) is 24.3 Å². The van der Waals surface area contributed by atoms with Gasteiger partial charge in [-0.3, -0.25) is 14.7 Å². The maximum atomic E-state index is 12.4. The van der Waals surface area contributed by atoms with E-state index in [4.69, 9.17) is 0 Å². The first-order chi connectivity index (χ1) is 13.6. The molecule has 0 N–H and O–H groups in total. The number of nitro benzene ring substituents is 1. The number of alkyl halides is 3. The third-order valence-corrected chi connectivity index (χ3v) is 4.72. The van der Waals surface area contributed by atoms with E-state index in [0.717, 1.165) is 0 Å². The maximum absolute atomic E-state index is 12.4. The van der Waals surface area contributed by atoms with Gasteiger partial charge in [0.1, 0.15) is 5.75 Å².